The molecule has 27 heavy (non-hydrogen) atoms. The normalized spacial score (nSPS) is 16.1. The van der Waals surface area contributed by atoms with E-state index in [1.807, 2.05) is 35.8 Å². The summed E-state index contributed by atoms with van der Waals surface area (Å²) in [6, 6.07) is 14.2. The lowest BCUT2D eigenvalue weighted by Gasteiger charge is -2.30. The van der Waals surface area contributed by atoms with Crippen molar-refractivity contribution in [2.24, 2.45) is 7.05 Å². The smallest absolute Gasteiger partial charge is 0.345 e. The number of hydrogen-bond donors (Lipinski definition) is 0. The van der Waals surface area contributed by atoms with Crippen molar-refractivity contribution in [3.05, 3.63) is 75.9 Å². The number of nitrogens with zero attached hydrogens (tertiary/aromatic N) is 4. The molecular formula is C21H26N4O2. The minimum Gasteiger partial charge on any atom is -0.465 e. The van der Waals surface area contributed by atoms with Crippen LogP contribution in [-0.2, 0) is 20.1 Å². The number of aryl methyl sites for hydroxylation is 2. The standard InChI is InChI=1S/C21H26N4O2/c1-16-8-9-19(27-16)15-24-12-10-18(11-13-24)20-22-23(2)21(26)25(20)14-17-6-4-3-5-7-17/h3-9,18H,10-15H2,1-2H3. The van der Waals surface area contributed by atoms with E-state index >= 15 is 0 Å². The van der Waals surface area contributed by atoms with Crippen molar-refractivity contribution in [3.63, 3.8) is 0 Å². The first-order chi connectivity index (χ1) is 13.1. The predicted molar refractivity (Wildman–Crippen MR) is 104 cm³/mol. The van der Waals surface area contributed by atoms with E-state index in [4.69, 9.17) is 4.42 Å². The Morgan fingerprint density at radius 2 is 1.81 bits per heavy atom. The maximum absolute atomic E-state index is 12.6. The van der Waals surface area contributed by atoms with Gasteiger partial charge in [-0.3, -0.25) is 9.47 Å². The first kappa shape index (κ1) is 17.8. The summed E-state index contributed by atoms with van der Waals surface area (Å²) < 4.78 is 9.01. The molecule has 142 valence electrons. The van der Waals surface area contributed by atoms with Gasteiger partial charge in [0.2, 0.25) is 0 Å². The molecule has 0 bridgehead atoms. The highest BCUT2D eigenvalue weighted by Gasteiger charge is 2.26. The topological polar surface area (TPSA) is 56.2 Å². The molecule has 3 heterocycles. The molecule has 1 fully saturated rings. The van der Waals surface area contributed by atoms with Crippen molar-refractivity contribution in [1.29, 1.82) is 0 Å². The molecule has 0 radical (unpaired) electrons. The van der Waals surface area contributed by atoms with Gasteiger partial charge in [-0.2, -0.15) is 5.10 Å². The van der Waals surface area contributed by atoms with E-state index < -0.39 is 0 Å². The second-order valence-corrected chi connectivity index (χ2v) is 7.40. The van der Waals surface area contributed by atoms with Crippen molar-refractivity contribution in [2.75, 3.05) is 13.1 Å². The fourth-order valence-electron chi connectivity index (χ4n) is 3.88. The Balaban J connectivity index is 1.46. The molecule has 3 aromatic rings. The van der Waals surface area contributed by atoms with E-state index in [1.165, 1.54) is 4.68 Å². The zero-order valence-electron chi connectivity index (χ0n) is 16.0. The zero-order chi connectivity index (χ0) is 18.8. The van der Waals surface area contributed by atoms with Crippen molar-refractivity contribution in [2.45, 2.75) is 38.8 Å². The first-order valence-corrected chi connectivity index (χ1v) is 9.55. The van der Waals surface area contributed by atoms with E-state index in [9.17, 15) is 4.79 Å². The molecule has 0 aliphatic carbocycles. The van der Waals surface area contributed by atoms with Crippen LogP contribution in [0.1, 0.15) is 41.7 Å². The summed E-state index contributed by atoms with van der Waals surface area (Å²) in [5, 5.41) is 4.57. The average Bonchev–Trinajstić information content (AvgIpc) is 3.21. The number of aromatic nitrogens is 3. The lowest BCUT2D eigenvalue weighted by atomic mass is 9.95. The average molecular weight is 366 g/mol. The molecule has 1 saturated heterocycles. The quantitative estimate of drug-likeness (QED) is 0.697. The lowest BCUT2D eigenvalue weighted by Crippen LogP contribution is -2.33. The monoisotopic (exact) mass is 366 g/mol. The van der Waals surface area contributed by atoms with Crippen LogP contribution in [0.4, 0.5) is 0 Å². The van der Waals surface area contributed by atoms with Crippen LogP contribution < -0.4 is 5.69 Å². The highest BCUT2D eigenvalue weighted by molar-refractivity contribution is 5.16. The van der Waals surface area contributed by atoms with Crippen LogP contribution in [0.5, 0.6) is 0 Å². The summed E-state index contributed by atoms with van der Waals surface area (Å²) in [6.07, 6.45) is 2.01. The summed E-state index contributed by atoms with van der Waals surface area (Å²) in [5.41, 5.74) is 1.09. The number of furan rings is 1. The van der Waals surface area contributed by atoms with Crippen LogP contribution in [-0.4, -0.2) is 32.3 Å². The Morgan fingerprint density at radius 3 is 2.48 bits per heavy atom. The van der Waals surface area contributed by atoms with E-state index in [2.05, 4.69) is 28.2 Å². The van der Waals surface area contributed by atoms with Gasteiger partial charge in [0.25, 0.3) is 0 Å². The van der Waals surface area contributed by atoms with Gasteiger partial charge in [0.15, 0.2) is 0 Å². The number of likely N-dealkylation sites (tertiary alicyclic amines) is 1. The summed E-state index contributed by atoms with van der Waals surface area (Å²) >= 11 is 0. The maximum atomic E-state index is 12.6. The molecule has 6 heteroatoms. The molecule has 0 saturated carbocycles. The van der Waals surface area contributed by atoms with Gasteiger partial charge in [-0.25, -0.2) is 9.48 Å². The molecule has 0 unspecified atom stereocenters. The van der Waals surface area contributed by atoms with Crippen LogP contribution in [0.15, 0.2) is 51.7 Å². The van der Waals surface area contributed by atoms with Crippen LogP contribution in [0.25, 0.3) is 0 Å². The number of piperidine rings is 1. The molecule has 1 aromatic carbocycles. The van der Waals surface area contributed by atoms with Crippen molar-refractivity contribution in [1.82, 2.24) is 19.2 Å². The van der Waals surface area contributed by atoms with Gasteiger partial charge >= 0.3 is 5.69 Å². The van der Waals surface area contributed by atoms with Gasteiger partial charge in [-0.15, -0.1) is 0 Å². The van der Waals surface area contributed by atoms with Gasteiger partial charge in [0, 0.05) is 13.0 Å². The van der Waals surface area contributed by atoms with Gasteiger partial charge in [-0.1, -0.05) is 30.3 Å². The molecule has 4 rings (SSSR count). The largest absolute Gasteiger partial charge is 0.465 e. The third kappa shape index (κ3) is 3.90. The minimum absolute atomic E-state index is 0.0395. The van der Waals surface area contributed by atoms with E-state index in [0.717, 1.165) is 55.4 Å². The van der Waals surface area contributed by atoms with Gasteiger partial charge in [-0.05, 0) is 50.6 Å². The van der Waals surface area contributed by atoms with Crippen LogP contribution >= 0.6 is 0 Å². The Bertz CT molecular complexity index is 946. The summed E-state index contributed by atoms with van der Waals surface area (Å²) in [6.45, 7) is 5.37. The second-order valence-electron chi connectivity index (χ2n) is 7.40. The molecule has 2 aromatic heterocycles. The first-order valence-electron chi connectivity index (χ1n) is 9.55. The van der Waals surface area contributed by atoms with Gasteiger partial charge in [0.05, 0.1) is 13.1 Å². The number of benzene rings is 1. The highest BCUT2D eigenvalue weighted by Crippen LogP contribution is 2.27. The molecule has 0 amide bonds. The van der Waals surface area contributed by atoms with Crippen molar-refractivity contribution in [3.8, 4) is 0 Å². The predicted octanol–water partition coefficient (Wildman–Crippen LogP) is 2.91. The number of rotatable bonds is 5. The van der Waals surface area contributed by atoms with E-state index in [-0.39, 0.29) is 5.69 Å². The summed E-state index contributed by atoms with van der Waals surface area (Å²) in [5.74, 6) is 3.21. The lowest BCUT2D eigenvalue weighted by molar-refractivity contribution is 0.186. The molecule has 1 aliphatic heterocycles. The van der Waals surface area contributed by atoms with Crippen LogP contribution in [0, 0.1) is 6.92 Å². The van der Waals surface area contributed by atoms with Gasteiger partial charge < -0.3 is 4.42 Å². The van der Waals surface area contributed by atoms with Crippen LogP contribution in [0.2, 0.25) is 0 Å². The Hall–Kier alpha value is -2.60. The number of hydrogen-bond acceptors (Lipinski definition) is 4. The SMILES string of the molecule is Cc1ccc(CN2CCC(c3nn(C)c(=O)n3Cc3ccccc3)CC2)o1. The third-order valence-electron chi connectivity index (χ3n) is 5.35. The third-order valence-corrected chi connectivity index (χ3v) is 5.35. The second kappa shape index (κ2) is 7.56. The Morgan fingerprint density at radius 1 is 1.07 bits per heavy atom. The van der Waals surface area contributed by atoms with E-state index in [0.29, 0.717) is 12.5 Å². The molecule has 1 aliphatic rings. The Labute approximate surface area is 159 Å². The van der Waals surface area contributed by atoms with Crippen molar-refractivity contribution >= 4 is 0 Å². The fourth-order valence-corrected chi connectivity index (χ4v) is 3.88. The molecule has 0 spiro atoms. The molecule has 0 N–H and O–H groups in total. The highest BCUT2D eigenvalue weighted by atomic mass is 16.3. The van der Waals surface area contributed by atoms with Gasteiger partial charge in [0.1, 0.15) is 17.3 Å². The Kier molecular flexibility index (Phi) is 4.99. The molecule has 6 nitrogen and oxygen atoms in total. The molecule has 0 atom stereocenters. The summed E-state index contributed by atoms with van der Waals surface area (Å²) in [4.78, 5) is 15.0. The van der Waals surface area contributed by atoms with Crippen molar-refractivity contribution < 1.29 is 4.42 Å². The minimum atomic E-state index is -0.0395. The fraction of sp³-hybridized carbons (Fsp3) is 0.429. The van der Waals surface area contributed by atoms with E-state index in [1.54, 1.807) is 7.05 Å². The molecular weight excluding hydrogens is 340 g/mol. The maximum Gasteiger partial charge on any atom is 0.345 e. The summed E-state index contributed by atoms with van der Waals surface area (Å²) in [7, 11) is 1.74. The zero-order valence-corrected chi connectivity index (χ0v) is 16.0. The van der Waals surface area contributed by atoms with Crippen LogP contribution in [0.3, 0.4) is 0 Å².